The summed E-state index contributed by atoms with van der Waals surface area (Å²) in [5.74, 6) is 2.11. The van der Waals surface area contributed by atoms with Crippen molar-refractivity contribution in [3.8, 4) is 17.2 Å². The van der Waals surface area contributed by atoms with Gasteiger partial charge in [0.2, 0.25) is 0 Å². The number of hydrogen-bond acceptors (Lipinski definition) is 5. The zero-order chi connectivity index (χ0) is 45.3. The number of carbonyl (C=O) groups is 1. The molecule has 0 unspecified atom stereocenters. The van der Waals surface area contributed by atoms with Gasteiger partial charge < -0.3 is 18.3 Å². The molecule has 61 heavy (non-hydrogen) atoms. The molecular weight excluding hydrogens is 772 g/mol. The van der Waals surface area contributed by atoms with Crippen LogP contribution in [0.4, 0.5) is 0 Å². The molecule has 1 aliphatic heterocycles. The lowest BCUT2D eigenvalue weighted by atomic mass is 9.78. The van der Waals surface area contributed by atoms with Crippen LogP contribution >= 0.6 is 8.60 Å². The molecule has 0 aromatic heterocycles. The fourth-order valence-corrected chi connectivity index (χ4v) is 9.68. The van der Waals surface area contributed by atoms with Gasteiger partial charge in [-0.05, 0) is 54.1 Å². The largest absolute Gasteiger partial charge is 0.530 e. The van der Waals surface area contributed by atoms with Crippen molar-refractivity contribution in [3.63, 3.8) is 0 Å². The van der Waals surface area contributed by atoms with Gasteiger partial charge in [0.15, 0.2) is 0 Å². The van der Waals surface area contributed by atoms with Crippen LogP contribution in [0.3, 0.4) is 0 Å². The summed E-state index contributed by atoms with van der Waals surface area (Å²) in [5, 5.41) is 0. The van der Waals surface area contributed by atoms with E-state index in [1.54, 1.807) is 0 Å². The van der Waals surface area contributed by atoms with Crippen molar-refractivity contribution >= 4 is 14.6 Å². The molecule has 3 aromatic carbocycles. The fourth-order valence-electron chi connectivity index (χ4n) is 8.51. The number of esters is 1. The highest BCUT2D eigenvalue weighted by Crippen LogP contribution is 2.56. The third kappa shape index (κ3) is 14.2. The summed E-state index contributed by atoms with van der Waals surface area (Å²) >= 11 is 0. The Balaban J connectivity index is 1.61. The second kappa shape index (κ2) is 21.6. The fraction of sp³-hybridized carbons (Fsp3) is 0.655. The molecule has 3 aromatic rings. The molecule has 0 saturated heterocycles. The van der Waals surface area contributed by atoms with Gasteiger partial charge in [0.05, 0.1) is 12.2 Å². The van der Waals surface area contributed by atoms with E-state index in [-0.39, 0.29) is 33.5 Å². The summed E-state index contributed by atoms with van der Waals surface area (Å²) in [6.45, 7) is 35.8. The summed E-state index contributed by atoms with van der Waals surface area (Å²) in [5.41, 5.74) is 8.22. The van der Waals surface area contributed by atoms with Gasteiger partial charge in [0.1, 0.15) is 17.2 Å². The van der Waals surface area contributed by atoms with Gasteiger partial charge in [-0.2, -0.15) is 0 Å². The van der Waals surface area contributed by atoms with Crippen molar-refractivity contribution in [1.82, 2.24) is 0 Å². The van der Waals surface area contributed by atoms with Crippen molar-refractivity contribution in [2.45, 2.75) is 228 Å². The van der Waals surface area contributed by atoms with E-state index in [1.165, 1.54) is 88.2 Å². The van der Waals surface area contributed by atoms with E-state index in [4.69, 9.17) is 18.3 Å². The van der Waals surface area contributed by atoms with Crippen LogP contribution in [-0.4, -0.2) is 12.6 Å². The molecule has 0 aliphatic carbocycles. The van der Waals surface area contributed by atoms with Gasteiger partial charge >= 0.3 is 14.6 Å². The molecule has 0 radical (unpaired) electrons. The normalized spacial score (nSPS) is 15.9. The lowest BCUT2D eigenvalue weighted by Crippen LogP contribution is -2.23. The number of rotatable bonds is 18. The Labute approximate surface area is 374 Å². The number of unbranched alkanes of at least 4 members (excludes halogenated alkanes) is 13. The Morgan fingerprint density at radius 1 is 0.541 bits per heavy atom. The van der Waals surface area contributed by atoms with Crippen molar-refractivity contribution in [2.24, 2.45) is 0 Å². The van der Waals surface area contributed by atoms with Gasteiger partial charge in [-0.1, -0.05) is 216 Å². The second-order valence-corrected chi connectivity index (χ2v) is 23.3. The topological polar surface area (TPSA) is 54.0 Å². The molecule has 1 heterocycles. The summed E-state index contributed by atoms with van der Waals surface area (Å²) in [4.78, 5) is 13.8. The highest BCUT2D eigenvalue weighted by molar-refractivity contribution is 7.43. The Hall–Kier alpha value is -3.04. The molecule has 0 spiro atoms. The van der Waals surface area contributed by atoms with E-state index in [0.29, 0.717) is 17.9 Å². The quantitative estimate of drug-likeness (QED) is 0.0725. The average molecular weight is 857 g/mol. The van der Waals surface area contributed by atoms with Crippen LogP contribution in [0.15, 0.2) is 36.4 Å². The van der Waals surface area contributed by atoms with Gasteiger partial charge in [0.25, 0.3) is 0 Å². The van der Waals surface area contributed by atoms with Crippen molar-refractivity contribution < 1.29 is 23.1 Å². The van der Waals surface area contributed by atoms with E-state index in [0.717, 1.165) is 57.7 Å². The first kappa shape index (κ1) is 50.6. The summed E-state index contributed by atoms with van der Waals surface area (Å²) in [6, 6.07) is 13.0. The number of hydrogen-bond donors (Lipinski definition) is 0. The molecule has 0 N–H and O–H groups in total. The molecule has 0 amide bonds. The number of carbonyl (C=O) groups excluding carboxylic acids is 1. The van der Waals surface area contributed by atoms with Gasteiger partial charge in [-0.3, -0.25) is 0 Å². The molecular formula is C55H85O5P. The summed E-state index contributed by atoms with van der Waals surface area (Å²) in [7, 11) is -2.02. The van der Waals surface area contributed by atoms with Crippen LogP contribution in [0.5, 0.6) is 17.2 Å². The first-order valence-corrected chi connectivity index (χ1v) is 25.0. The third-order valence-corrected chi connectivity index (χ3v) is 13.2. The van der Waals surface area contributed by atoms with Crippen LogP contribution in [0.25, 0.3) is 0 Å². The maximum atomic E-state index is 13.8. The molecule has 1 aliphatic rings. The molecule has 0 atom stereocenters. The molecule has 4 rings (SSSR count). The minimum absolute atomic E-state index is 0.0225. The minimum Gasteiger partial charge on any atom is -0.462 e. The highest BCUT2D eigenvalue weighted by Gasteiger charge is 2.39. The van der Waals surface area contributed by atoms with E-state index in [2.05, 4.69) is 135 Å². The maximum absolute atomic E-state index is 13.8. The van der Waals surface area contributed by atoms with Crippen molar-refractivity contribution in [2.75, 3.05) is 6.61 Å². The second-order valence-electron chi connectivity index (χ2n) is 22.3. The van der Waals surface area contributed by atoms with Gasteiger partial charge in [-0.15, -0.1) is 0 Å². The standard InChI is InChI=1S/C55H85O5P/c1-17-18-19-20-21-22-23-24-25-26-27-28-29-30-31-57-51(56)41-36-46(54(11,12)13)50(47(37-41)55(14,15)16)60-61-58-48-42(32-38(2)34-44(48)52(5,6)7)40(4)43-33-39(3)35-45(49(43)59-61)53(8,9)10/h32-37,40H,17-31H2,1-16H3. The number of benzene rings is 3. The van der Waals surface area contributed by atoms with Crippen molar-refractivity contribution in [1.29, 1.82) is 0 Å². The SMILES string of the molecule is CCCCCCCCCCCCCCCCOC(=O)c1cc(C(C)(C)C)c(OP2Oc3c(cc(C)cc3C(C)(C)C)C(C)c3cc(C)cc(C(C)(C)C)c3O2)c(C(C)(C)C)c1. The molecule has 5 nitrogen and oxygen atoms in total. The Kier molecular flexibility index (Phi) is 17.9. The average Bonchev–Trinajstić information content (AvgIpc) is 3.14. The predicted octanol–water partition coefficient (Wildman–Crippen LogP) is 17.4. The Morgan fingerprint density at radius 2 is 0.902 bits per heavy atom. The lowest BCUT2D eigenvalue weighted by Gasteiger charge is -2.36. The van der Waals surface area contributed by atoms with Crippen LogP contribution < -0.4 is 13.6 Å². The number of ether oxygens (including phenoxy) is 1. The highest BCUT2D eigenvalue weighted by atomic mass is 31.2. The van der Waals surface area contributed by atoms with E-state index < -0.39 is 8.60 Å². The lowest BCUT2D eigenvalue weighted by molar-refractivity contribution is 0.0497. The van der Waals surface area contributed by atoms with E-state index in [9.17, 15) is 4.79 Å². The van der Waals surface area contributed by atoms with Crippen molar-refractivity contribution in [3.05, 3.63) is 86.5 Å². The third-order valence-electron chi connectivity index (χ3n) is 12.2. The molecule has 0 fully saturated rings. The first-order valence-electron chi connectivity index (χ1n) is 23.9. The van der Waals surface area contributed by atoms with E-state index in [1.807, 2.05) is 12.1 Å². The molecule has 6 heteroatoms. The zero-order valence-electron chi connectivity index (χ0n) is 41.6. The summed E-state index contributed by atoms with van der Waals surface area (Å²) in [6.07, 6.45) is 18.1. The number of fused-ring (bicyclic) bond motifs is 2. The monoisotopic (exact) mass is 857 g/mol. The first-order chi connectivity index (χ1) is 28.4. The van der Waals surface area contributed by atoms with Gasteiger partial charge in [-0.25, -0.2) is 4.79 Å². The molecule has 340 valence electrons. The van der Waals surface area contributed by atoms with Crippen LogP contribution in [-0.2, 0) is 26.4 Å². The number of aryl methyl sites for hydroxylation is 2. The maximum Gasteiger partial charge on any atom is 0.530 e. The van der Waals surface area contributed by atoms with Crippen LogP contribution in [0, 0.1) is 13.8 Å². The van der Waals surface area contributed by atoms with Crippen LogP contribution in [0.1, 0.15) is 248 Å². The van der Waals surface area contributed by atoms with Crippen LogP contribution in [0.2, 0.25) is 0 Å². The Bertz CT molecular complexity index is 1790. The smallest absolute Gasteiger partial charge is 0.462 e. The Morgan fingerprint density at radius 3 is 1.26 bits per heavy atom. The predicted molar refractivity (Wildman–Crippen MR) is 261 cm³/mol. The minimum atomic E-state index is -2.02. The zero-order valence-corrected chi connectivity index (χ0v) is 42.5. The van der Waals surface area contributed by atoms with E-state index >= 15 is 0 Å². The summed E-state index contributed by atoms with van der Waals surface area (Å²) < 4.78 is 27.5. The van der Waals surface area contributed by atoms with Gasteiger partial charge in [0, 0.05) is 39.3 Å². The molecule has 0 bridgehead atoms. The molecule has 0 saturated carbocycles.